The molecule has 1 aliphatic carbocycles. The van der Waals surface area contributed by atoms with E-state index < -0.39 is 11.6 Å². The number of fused-ring (bicyclic) bond motifs is 5. The summed E-state index contributed by atoms with van der Waals surface area (Å²) in [5, 5.41) is 17.2. The second-order valence-corrected chi connectivity index (χ2v) is 10.3. The summed E-state index contributed by atoms with van der Waals surface area (Å²) in [5.41, 5.74) is 4.54. The molecule has 2 N–H and O–H groups in total. The lowest BCUT2D eigenvalue weighted by atomic mass is 9.81. The van der Waals surface area contributed by atoms with Gasteiger partial charge in [0.2, 0.25) is 0 Å². The highest BCUT2D eigenvalue weighted by Gasteiger charge is 2.30. The molecule has 2 aliphatic rings. The first kappa shape index (κ1) is 23.3. The van der Waals surface area contributed by atoms with Crippen LogP contribution in [-0.4, -0.2) is 35.3 Å². The lowest BCUT2D eigenvalue weighted by Gasteiger charge is -2.27. The zero-order valence-corrected chi connectivity index (χ0v) is 20.4. The summed E-state index contributed by atoms with van der Waals surface area (Å²) >= 11 is 0. The molecule has 7 heteroatoms. The van der Waals surface area contributed by atoms with Gasteiger partial charge in [-0.2, -0.15) is 0 Å². The van der Waals surface area contributed by atoms with Gasteiger partial charge < -0.3 is 29.8 Å². The van der Waals surface area contributed by atoms with Crippen molar-refractivity contribution in [2.75, 3.05) is 13.2 Å². The Morgan fingerprint density at radius 1 is 1.11 bits per heavy atom. The minimum Gasteiger partial charge on any atom is -0.530 e. The molecule has 5 rings (SSSR count). The SMILES string of the molecule is CC(C)(CNC(=O)[O-])NC(=O)c1ccc2c(C3CCCCC3)c3n(c2c1)CCOc1ccccc1-3. The fraction of sp³-hybridized carbons (Fsp3) is 0.429. The number of carbonyl (C=O) groups excluding carboxylic acids is 2. The predicted molar refractivity (Wildman–Crippen MR) is 134 cm³/mol. The Morgan fingerprint density at radius 2 is 1.89 bits per heavy atom. The molecule has 1 aliphatic heterocycles. The molecular formula is C28H32N3O4-. The van der Waals surface area contributed by atoms with Gasteiger partial charge in [0, 0.05) is 28.6 Å². The largest absolute Gasteiger partial charge is 0.530 e. The van der Waals surface area contributed by atoms with Crippen LogP contribution in [0, 0.1) is 0 Å². The number of carboxylic acid groups (broad SMARTS) is 1. The first-order valence-electron chi connectivity index (χ1n) is 12.5. The van der Waals surface area contributed by atoms with Crippen LogP contribution in [0.2, 0.25) is 0 Å². The number of nitrogens with one attached hydrogen (secondary N) is 2. The van der Waals surface area contributed by atoms with Gasteiger partial charge in [0.05, 0.1) is 17.8 Å². The maximum absolute atomic E-state index is 13.2. The first-order valence-corrected chi connectivity index (χ1v) is 12.5. The van der Waals surface area contributed by atoms with E-state index in [1.54, 1.807) is 13.8 Å². The molecule has 1 fully saturated rings. The normalized spacial score (nSPS) is 16.1. The van der Waals surface area contributed by atoms with Gasteiger partial charge in [-0.3, -0.25) is 4.79 Å². The number of nitrogens with zero attached hydrogens (tertiary/aromatic N) is 1. The molecule has 7 nitrogen and oxygen atoms in total. The topological polar surface area (TPSA) is 95.4 Å². The van der Waals surface area contributed by atoms with Crippen LogP contribution >= 0.6 is 0 Å². The zero-order chi connectivity index (χ0) is 24.6. The van der Waals surface area contributed by atoms with Gasteiger partial charge in [-0.1, -0.05) is 37.5 Å². The highest BCUT2D eigenvalue weighted by atomic mass is 16.5. The summed E-state index contributed by atoms with van der Waals surface area (Å²) in [6, 6.07) is 14.2. The van der Waals surface area contributed by atoms with Gasteiger partial charge in [-0.15, -0.1) is 0 Å². The number of rotatable bonds is 5. The Morgan fingerprint density at radius 3 is 2.66 bits per heavy atom. The Kier molecular flexibility index (Phi) is 6.17. The molecule has 0 atom stereocenters. The summed E-state index contributed by atoms with van der Waals surface area (Å²) < 4.78 is 8.43. The van der Waals surface area contributed by atoms with E-state index in [0.717, 1.165) is 16.8 Å². The second-order valence-electron chi connectivity index (χ2n) is 10.3. The number of hydrogen-bond acceptors (Lipinski definition) is 4. The smallest absolute Gasteiger partial charge is 0.251 e. The van der Waals surface area contributed by atoms with Crippen LogP contribution in [0.3, 0.4) is 0 Å². The van der Waals surface area contributed by atoms with Crippen LogP contribution in [0.25, 0.3) is 22.2 Å². The average Bonchev–Trinajstić information content (AvgIpc) is 3.04. The highest BCUT2D eigenvalue weighted by Crippen LogP contribution is 2.47. The number of ether oxygens (including phenoxy) is 1. The standard InChI is InChI=1S/C28H33N3O4/c1-28(2,17-29-27(33)34)30-26(32)19-12-13-20-22(16-19)31-14-15-35-23-11-7-6-10-21(23)25(31)24(20)18-8-4-3-5-9-18/h6-7,10-13,16,18,29H,3-5,8-9,14-15,17H2,1-2H3,(H,30,32)(H,33,34)/p-1. The van der Waals surface area contributed by atoms with E-state index in [4.69, 9.17) is 4.74 Å². The van der Waals surface area contributed by atoms with E-state index in [0.29, 0.717) is 24.6 Å². The van der Waals surface area contributed by atoms with Gasteiger partial charge >= 0.3 is 0 Å². The third kappa shape index (κ3) is 4.59. The number of hydrogen-bond donors (Lipinski definition) is 2. The van der Waals surface area contributed by atoms with E-state index >= 15 is 0 Å². The van der Waals surface area contributed by atoms with Crippen molar-refractivity contribution >= 4 is 22.9 Å². The van der Waals surface area contributed by atoms with E-state index in [9.17, 15) is 14.7 Å². The molecule has 0 saturated heterocycles. The van der Waals surface area contributed by atoms with Crippen LogP contribution in [-0.2, 0) is 6.54 Å². The van der Waals surface area contributed by atoms with Crippen LogP contribution < -0.4 is 20.5 Å². The van der Waals surface area contributed by atoms with Crippen molar-refractivity contribution in [3.8, 4) is 17.0 Å². The minimum absolute atomic E-state index is 0.0593. The molecule has 2 aromatic carbocycles. The van der Waals surface area contributed by atoms with Crippen molar-refractivity contribution < 1.29 is 19.4 Å². The molecule has 1 aromatic heterocycles. The lowest BCUT2D eigenvalue weighted by Crippen LogP contribution is -2.53. The minimum atomic E-state index is -1.36. The molecule has 0 bridgehead atoms. The summed E-state index contributed by atoms with van der Waals surface area (Å²) in [5.74, 6) is 1.16. The molecule has 35 heavy (non-hydrogen) atoms. The highest BCUT2D eigenvalue weighted by molar-refractivity contribution is 6.01. The maximum atomic E-state index is 13.2. The second kappa shape index (κ2) is 9.29. The number of carbonyl (C=O) groups is 2. The number of amides is 2. The van der Waals surface area contributed by atoms with Crippen LogP contribution in [0.4, 0.5) is 4.79 Å². The Labute approximate surface area is 205 Å². The van der Waals surface area contributed by atoms with Crippen molar-refractivity contribution in [1.29, 1.82) is 0 Å². The van der Waals surface area contributed by atoms with E-state index in [1.807, 2.05) is 24.3 Å². The zero-order valence-electron chi connectivity index (χ0n) is 20.4. The molecule has 0 spiro atoms. The Bertz CT molecular complexity index is 1270. The molecule has 3 aromatic rings. The Hall–Kier alpha value is -3.48. The summed E-state index contributed by atoms with van der Waals surface area (Å²) in [6.45, 7) is 4.88. The molecule has 2 amide bonds. The van der Waals surface area contributed by atoms with Crippen LogP contribution in [0.1, 0.15) is 67.8 Å². The molecule has 1 saturated carbocycles. The third-order valence-corrected chi connectivity index (χ3v) is 7.22. The molecular weight excluding hydrogens is 442 g/mol. The van der Waals surface area contributed by atoms with Crippen molar-refractivity contribution in [1.82, 2.24) is 15.2 Å². The van der Waals surface area contributed by atoms with Crippen molar-refractivity contribution in [2.24, 2.45) is 0 Å². The Balaban J connectivity index is 1.59. The van der Waals surface area contributed by atoms with Gasteiger partial charge in [0.25, 0.3) is 5.91 Å². The van der Waals surface area contributed by atoms with Gasteiger partial charge in [-0.05, 0) is 62.4 Å². The van der Waals surface area contributed by atoms with Crippen LogP contribution in [0.15, 0.2) is 42.5 Å². The average molecular weight is 475 g/mol. The van der Waals surface area contributed by atoms with Crippen molar-refractivity contribution in [3.05, 3.63) is 53.6 Å². The summed E-state index contributed by atoms with van der Waals surface area (Å²) in [7, 11) is 0. The predicted octanol–water partition coefficient (Wildman–Crippen LogP) is 4.19. The van der Waals surface area contributed by atoms with E-state index in [2.05, 4.69) is 33.4 Å². The van der Waals surface area contributed by atoms with Crippen molar-refractivity contribution in [3.63, 3.8) is 0 Å². The molecule has 2 heterocycles. The summed E-state index contributed by atoms with van der Waals surface area (Å²) in [6.07, 6.45) is 4.77. The summed E-state index contributed by atoms with van der Waals surface area (Å²) in [4.78, 5) is 23.9. The first-order chi connectivity index (χ1) is 16.8. The fourth-order valence-electron chi connectivity index (χ4n) is 5.60. The van der Waals surface area contributed by atoms with E-state index in [-0.39, 0.29) is 12.5 Å². The molecule has 184 valence electrons. The molecule has 0 unspecified atom stereocenters. The fourth-order valence-corrected chi connectivity index (χ4v) is 5.60. The van der Waals surface area contributed by atoms with E-state index in [1.165, 1.54) is 48.7 Å². The number of benzene rings is 2. The maximum Gasteiger partial charge on any atom is 0.251 e. The van der Waals surface area contributed by atoms with Gasteiger partial charge in [-0.25, -0.2) is 0 Å². The van der Waals surface area contributed by atoms with Gasteiger partial charge in [0.1, 0.15) is 18.4 Å². The molecule has 0 radical (unpaired) electrons. The monoisotopic (exact) mass is 474 g/mol. The lowest BCUT2D eigenvalue weighted by molar-refractivity contribution is -0.251. The number of para-hydroxylation sites is 1. The van der Waals surface area contributed by atoms with Crippen LogP contribution in [0.5, 0.6) is 5.75 Å². The third-order valence-electron chi connectivity index (χ3n) is 7.22. The number of aromatic nitrogens is 1. The van der Waals surface area contributed by atoms with Gasteiger partial charge in [0.15, 0.2) is 0 Å². The van der Waals surface area contributed by atoms with Crippen molar-refractivity contribution in [2.45, 2.75) is 64.0 Å². The quantitative estimate of drug-likeness (QED) is 0.580.